The second-order valence-electron chi connectivity index (χ2n) is 9.45. The maximum atomic E-state index is 12.4. The van der Waals surface area contributed by atoms with E-state index in [0.717, 1.165) is 39.7 Å². The third-order valence-corrected chi connectivity index (χ3v) is 8.45. The van der Waals surface area contributed by atoms with Crippen LogP contribution >= 0.6 is 23.4 Å². The van der Waals surface area contributed by atoms with Gasteiger partial charge < -0.3 is 5.32 Å². The molecular weight excluding hydrogens is 486 g/mol. The molecule has 1 aliphatic carbocycles. The molecule has 0 bridgehead atoms. The van der Waals surface area contributed by atoms with Crippen molar-refractivity contribution in [2.24, 2.45) is 11.0 Å². The Morgan fingerprint density at radius 1 is 1.11 bits per heavy atom. The van der Waals surface area contributed by atoms with Crippen LogP contribution in [0.1, 0.15) is 53.1 Å². The van der Waals surface area contributed by atoms with Crippen molar-refractivity contribution in [2.45, 2.75) is 38.0 Å². The van der Waals surface area contributed by atoms with Gasteiger partial charge in [-0.2, -0.15) is 5.10 Å². The lowest BCUT2D eigenvalue weighted by molar-refractivity contribution is -0.118. The number of thioether (sulfide) groups is 1. The number of carbonyl (C=O) groups is 1. The lowest BCUT2D eigenvalue weighted by Crippen LogP contribution is -2.29. The Morgan fingerprint density at radius 2 is 1.92 bits per heavy atom. The molecular formula is C30H30ClN3OS. The fourth-order valence-corrected chi connectivity index (χ4v) is 6.27. The van der Waals surface area contributed by atoms with Crippen molar-refractivity contribution in [1.82, 2.24) is 5.43 Å². The van der Waals surface area contributed by atoms with E-state index < -0.39 is 0 Å². The van der Waals surface area contributed by atoms with Gasteiger partial charge in [0.05, 0.1) is 17.5 Å². The zero-order valence-corrected chi connectivity index (χ0v) is 22.1. The van der Waals surface area contributed by atoms with Gasteiger partial charge in [-0.25, -0.2) is 5.43 Å². The van der Waals surface area contributed by atoms with Gasteiger partial charge in [0, 0.05) is 22.4 Å². The molecule has 0 aromatic heterocycles. The molecule has 184 valence electrons. The smallest absolute Gasteiger partial charge is 0.250 e. The first-order chi connectivity index (χ1) is 17.5. The number of nitrogens with zero attached hydrogens (tertiary/aromatic N) is 1. The number of fused-ring (bicyclic) bond motifs is 3. The molecule has 1 aliphatic heterocycles. The third kappa shape index (κ3) is 5.23. The molecule has 1 heterocycles. The van der Waals surface area contributed by atoms with Crippen molar-refractivity contribution >= 4 is 40.7 Å². The highest BCUT2D eigenvalue weighted by Crippen LogP contribution is 2.50. The van der Waals surface area contributed by atoms with E-state index in [4.69, 9.17) is 11.6 Å². The Morgan fingerprint density at radius 3 is 2.75 bits per heavy atom. The predicted octanol–water partition coefficient (Wildman–Crippen LogP) is 7.25. The van der Waals surface area contributed by atoms with Crippen LogP contribution in [0.25, 0.3) is 0 Å². The summed E-state index contributed by atoms with van der Waals surface area (Å²) in [5, 5.41) is 8.94. The molecule has 3 aromatic rings. The van der Waals surface area contributed by atoms with Crippen molar-refractivity contribution in [3.8, 4) is 0 Å². The molecule has 1 amide bonds. The van der Waals surface area contributed by atoms with Crippen LogP contribution in [0.15, 0.2) is 84.0 Å². The summed E-state index contributed by atoms with van der Waals surface area (Å²) in [7, 11) is 0. The van der Waals surface area contributed by atoms with Crippen molar-refractivity contribution in [2.75, 3.05) is 11.1 Å². The van der Waals surface area contributed by atoms with E-state index in [-0.39, 0.29) is 11.9 Å². The van der Waals surface area contributed by atoms with Gasteiger partial charge >= 0.3 is 0 Å². The fourth-order valence-electron chi connectivity index (χ4n) is 5.12. The first-order valence-corrected chi connectivity index (χ1v) is 13.8. The number of aryl methyl sites for hydroxylation is 1. The van der Waals surface area contributed by atoms with Crippen LogP contribution in [-0.4, -0.2) is 17.4 Å². The lowest BCUT2D eigenvalue weighted by atomic mass is 9.76. The summed E-state index contributed by atoms with van der Waals surface area (Å²) in [6.07, 6.45) is 5.61. The quantitative estimate of drug-likeness (QED) is 0.198. The van der Waals surface area contributed by atoms with Gasteiger partial charge in [-0.3, -0.25) is 4.79 Å². The minimum atomic E-state index is -0.0890. The molecule has 2 N–H and O–H groups in total. The van der Waals surface area contributed by atoms with Gasteiger partial charge in [0.15, 0.2) is 0 Å². The SMILES string of the molecule is C/C(=N/NC(=O)CSCc1ccccc1C)c1ccc2c(c1)[C@@H]1C=CC[C@@H]1[C@H](c1ccccc1Cl)N2. The van der Waals surface area contributed by atoms with Crippen LogP contribution in [0.2, 0.25) is 5.02 Å². The standard InChI is InChI=1S/C30H30ClN3OS/c1-19-8-3-4-9-22(19)17-36-18-29(35)34-33-20(2)21-14-15-28-26(16-21)23-11-7-12-24(23)30(32-28)25-10-5-6-13-27(25)31/h3-11,13-16,23-24,30,32H,12,17-18H2,1-2H3,(H,34,35)/b33-20-/t23-,24+,30-/m1/s1. The Balaban J connectivity index is 1.26. The Hall–Kier alpha value is -3.02. The minimum absolute atomic E-state index is 0.0890. The number of allylic oxidation sites excluding steroid dienone is 2. The van der Waals surface area contributed by atoms with Gasteiger partial charge in [-0.05, 0) is 72.2 Å². The number of benzene rings is 3. The molecule has 5 rings (SSSR count). The van der Waals surface area contributed by atoms with E-state index in [9.17, 15) is 4.79 Å². The van der Waals surface area contributed by atoms with E-state index in [1.807, 2.05) is 37.3 Å². The number of hydrogen-bond acceptors (Lipinski definition) is 4. The molecule has 2 aliphatic rings. The number of carbonyl (C=O) groups excluding carboxylic acids is 1. The molecule has 0 spiro atoms. The van der Waals surface area contributed by atoms with Crippen molar-refractivity contribution in [3.05, 3.63) is 112 Å². The summed E-state index contributed by atoms with van der Waals surface area (Å²) in [4.78, 5) is 12.4. The predicted molar refractivity (Wildman–Crippen MR) is 152 cm³/mol. The first kappa shape index (κ1) is 24.7. The minimum Gasteiger partial charge on any atom is -0.378 e. The van der Waals surface area contributed by atoms with Gasteiger partial charge in [0.25, 0.3) is 0 Å². The van der Waals surface area contributed by atoms with Crippen LogP contribution in [0.3, 0.4) is 0 Å². The summed E-state index contributed by atoms with van der Waals surface area (Å²) >= 11 is 8.16. The van der Waals surface area contributed by atoms with E-state index in [0.29, 0.717) is 17.6 Å². The number of hydrazone groups is 1. The van der Waals surface area contributed by atoms with Crippen molar-refractivity contribution < 1.29 is 4.79 Å². The molecule has 4 nitrogen and oxygen atoms in total. The number of anilines is 1. The Bertz CT molecular complexity index is 1340. The summed E-state index contributed by atoms with van der Waals surface area (Å²) in [5.41, 5.74) is 10.6. The maximum absolute atomic E-state index is 12.4. The zero-order chi connectivity index (χ0) is 25.1. The van der Waals surface area contributed by atoms with Gasteiger partial charge in [-0.1, -0.05) is 72.3 Å². The number of hydrogen-bond donors (Lipinski definition) is 2. The summed E-state index contributed by atoms with van der Waals surface area (Å²) in [5.74, 6) is 1.83. The fraction of sp³-hybridized carbons (Fsp3) is 0.267. The Kier molecular flexibility index (Phi) is 7.49. The lowest BCUT2D eigenvalue weighted by Gasteiger charge is -2.38. The first-order valence-electron chi connectivity index (χ1n) is 12.3. The van der Waals surface area contributed by atoms with Crippen LogP contribution in [0.4, 0.5) is 5.69 Å². The molecule has 6 heteroatoms. The highest BCUT2D eigenvalue weighted by atomic mass is 35.5. The van der Waals surface area contributed by atoms with E-state index in [1.165, 1.54) is 16.7 Å². The molecule has 0 saturated heterocycles. The summed E-state index contributed by atoms with van der Waals surface area (Å²) in [6, 6.07) is 22.9. The Labute approximate surface area is 222 Å². The van der Waals surface area contributed by atoms with Gasteiger partial charge in [-0.15, -0.1) is 11.8 Å². The number of amides is 1. The largest absolute Gasteiger partial charge is 0.378 e. The second kappa shape index (κ2) is 10.9. The van der Waals surface area contributed by atoms with Crippen LogP contribution in [-0.2, 0) is 10.5 Å². The molecule has 0 radical (unpaired) electrons. The number of rotatable bonds is 7. The van der Waals surface area contributed by atoms with E-state index in [1.54, 1.807) is 11.8 Å². The highest BCUT2D eigenvalue weighted by Gasteiger charge is 2.38. The van der Waals surface area contributed by atoms with Crippen molar-refractivity contribution in [1.29, 1.82) is 0 Å². The third-order valence-electron chi connectivity index (χ3n) is 7.12. The van der Waals surface area contributed by atoms with Crippen LogP contribution in [0, 0.1) is 12.8 Å². The van der Waals surface area contributed by atoms with Gasteiger partial charge in [0.2, 0.25) is 5.91 Å². The van der Waals surface area contributed by atoms with Gasteiger partial charge in [0.1, 0.15) is 0 Å². The zero-order valence-electron chi connectivity index (χ0n) is 20.5. The highest BCUT2D eigenvalue weighted by molar-refractivity contribution is 7.99. The molecule has 3 atom stereocenters. The molecule has 3 aromatic carbocycles. The average Bonchev–Trinajstić information content (AvgIpc) is 3.39. The topological polar surface area (TPSA) is 53.5 Å². The number of halogens is 1. The van der Waals surface area contributed by atoms with E-state index in [2.05, 4.69) is 71.3 Å². The summed E-state index contributed by atoms with van der Waals surface area (Å²) < 4.78 is 0. The van der Waals surface area contributed by atoms with Crippen LogP contribution < -0.4 is 10.7 Å². The molecule has 0 fully saturated rings. The van der Waals surface area contributed by atoms with Crippen LogP contribution in [0.5, 0.6) is 0 Å². The molecule has 36 heavy (non-hydrogen) atoms. The second-order valence-corrected chi connectivity index (χ2v) is 10.8. The van der Waals surface area contributed by atoms with E-state index >= 15 is 0 Å². The monoisotopic (exact) mass is 515 g/mol. The van der Waals surface area contributed by atoms with Crippen molar-refractivity contribution in [3.63, 3.8) is 0 Å². The summed E-state index contributed by atoms with van der Waals surface area (Å²) in [6.45, 7) is 4.03. The normalized spacial score (nSPS) is 20.4. The average molecular weight is 516 g/mol. The molecule has 0 unspecified atom stereocenters. The molecule has 0 saturated carbocycles. The number of nitrogens with one attached hydrogen (secondary N) is 2. The maximum Gasteiger partial charge on any atom is 0.250 e.